The van der Waals surface area contributed by atoms with Gasteiger partial charge in [0.25, 0.3) is 11.5 Å². The first-order chi connectivity index (χ1) is 10.6. The number of nitrogens with zero attached hydrogens (tertiary/aromatic N) is 3. The highest BCUT2D eigenvalue weighted by Crippen LogP contribution is 2.20. The Balaban J connectivity index is 1.83. The van der Waals surface area contributed by atoms with Gasteiger partial charge < -0.3 is 5.32 Å². The lowest BCUT2D eigenvalue weighted by Crippen LogP contribution is -2.11. The fourth-order valence-corrected chi connectivity index (χ4v) is 2.00. The van der Waals surface area contributed by atoms with E-state index >= 15 is 0 Å². The number of hydrogen-bond donors (Lipinski definition) is 2. The van der Waals surface area contributed by atoms with Gasteiger partial charge in [0.05, 0.1) is 17.5 Å². The molecule has 0 bridgehead atoms. The maximum atomic E-state index is 12.1. The van der Waals surface area contributed by atoms with E-state index in [2.05, 4.69) is 20.6 Å². The molecule has 0 saturated heterocycles. The second-order valence-electron chi connectivity index (χ2n) is 4.74. The topological polar surface area (TPSA) is 92.7 Å². The summed E-state index contributed by atoms with van der Waals surface area (Å²) in [5.74, 6) is -0.236. The van der Waals surface area contributed by atoms with Gasteiger partial charge in [0.1, 0.15) is 0 Å². The number of benzene rings is 1. The molecule has 0 aliphatic heterocycles. The van der Waals surface area contributed by atoms with Gasteiger partial charge in [-0.15, -0.1) is 0 Å². The highest BCUT2D eigenvalue weighted by Gasteiger charge is 2.09. The number of H-pyrrole nitrogens is 1. The van der Waals surface area contributed by atoms with E-state index in [0.29, 0.717) is 16.9 Å². The van der Waals surface area contributed by atoms with E-state index in [1.54, 1.807) is 42.2 Å². The minimum atomic E-state index is -0.259. The van der Waals surface area contributed by atoms with Crippen molar-refractivity contribution in [2.24, 2.45) is 7.05 Å². The molecule has 0 saturated carbocycles. The number of rotatable bonds is 3. The van der Waals surface area contributed by atoms with E-state index < -0.39 is 0 Å². The van der Waals surface area contributed by atoms with Gasteiger partial charge in [0.2, 0.25) is 0 Å². The van der Waals surface area contributed by atoms with Crippen LogP contribution in [-0.2, 0) is 7.05 Å². The molecule has 7 heteroatoms. The number of carbonyl (C=O) groups excluding carboxylic acids is 1. The number of hydrogen-bond acceptors (Lipinski definition) is 4. The third-order valence-corrected chi connectivity index (χ3v) is 3.06. The Morgan fingerprint density at radius 3 is 2.82 bits per heavy atom. The Hall–Kier alpha value is -3.22. The fraction of sp³-hybridized carbons (Fsp3) is 0.0667. The molecule has 0 spiro atoms. The molecule has 2 aromatic heterocycles. The van der Waals surface area contributed by atoms with Crippen LogP contribution in [0.5, 0.6) is 0 Å². The fourth-order valence-electron chi connectivity index (χ4n) is 2.00. The lowest BCUT2D eigenvalue weighted by Gasteiger charge is -2.06. The molecule has 0 aliphatic carbocycles. The Bertz CT molecular complexity index is 861. The van der Waals surface area contributed by atoms with Gasteiger partial charge in [0.15, 0.2) is 0 Å². The molecule has 7 nitrogen and oxygen atoms in total. The summed E-state index contributed by atoms with van der Waals surface area (Å²) in [5.41, 5.74) is 2.27. The van der Waals surface area contributed by atoms with Crippen LogP contribution in [0.3, 0.4) is 0 Å². The molecule has 0 radical (unpaired) electrons. The summed E-state index contributed by atoms with van der Waals surface area (Å²) in [5, 5.41) is 13.1. The monoisotopic (exact) mass is 295 g/mol. The predicted molar refractivity (Wildman–Crippen MR) is 81.5 cm³/mol. The molecule has 110 valence electrons. The maximum absolute atomic E-state index is 12.1. The van der Waals surface area contributed by atoms with Crippen LogP contribution in [0, 0.1) is 0 Å². The molecule has 0 fully saturated rings. The number of anilines is 1. The minimum absolute atomic E-state index is 0.236. The number of aryl methyl sites for hydroxylation is 1. The number of nitrogens with one attached hydrogen (secondary N) is 2. The largest absolute Gasteiger partial charge is 0.322 e. The van der Waals surface area contributed by atoms with Crippen molar-refractivity contribution in [3.8, 4) is 11.3 Å². The van der Waals surface area contributed by atoms with Gasteiger partial charge in [-0.3, -0.25) is 14.3 Å². The van der Waals surface area contributed by atoms with Crippen LogP contribution in [0.4, 0.5) is 5.69 Å². The zero-order chi connectivity index (χ0) is 15.5. The molecule has 1 amide bonds. The number of amides is 1. The third-order valence-electron chi connectivity index (χ3n) is 3.06. The van der Waals surface area contributed by atoms with Crippen molar-refractivity contribution in [2.75, 3.05) is 5.32 Å². The molecule has 3 aromatic rings. The Morgan fingerprint density at radius 2 is 2.14 bits per heavy atom. The zero-order valence-electron chi connectivity index (χ0n) is 11.8. The quantitative estimate of drug-likeness (QED) is 0.764. The summed E-state index contributed by atoms with van der Waals surface area (Å²) < 4.78 is 1.57. The summed E-state index contributed by atoms with van der Waals surface area (Å²) in [7, 11) is 1.75. The van der Waals surface area contributed by atoms with Crippen molar-refractivity contribution in [3.05, 3.63) is 64.7 Å². The van der Waals surface area contributed by atoms with Crippen molar-refractivity contribution in [3.63, 3.8) is 0 Å². The van der Waals surface area contributed by atoms with Gasteiger partial charge >= 0.3 is 0 Å². The van der Waals surface area contributed by atoms with Crippen molar-refractivity contribution in [1.82, 2.24) is 20.0 Å². The van der Waals surface area contributed by atoms with Gasteiger partial charge in [-0.25, -0.2) is 5.10 Å². The molecular formula is C15H13N5O2. The summed E-state index contributed by atoms with van der Waals surface area (Å²) in [6, 6.07) is 10.3. The Labute approximate surface area is 125 Å². The van der Waals surface area contributed by atoms with Gasteiger partial charge in [-0.2, -0.15) is 10.2 Å². The van der Waals surface area contributed by atoms with Crippen LogP contribution in [0.2, 0.25) is 0 Å². The Kier molecular flexibility index (Phi) is 3.53. The summed E-state index contributed by atoms with van der Waals surface area (Å²) in [6.45, 7) is 0. The van der Waals surface area contributed by atoms with Crippen molar-refractivity contribution < 1.29 is 4.79 Å². The van der Waals surface area contributed by atoms with Crippen LogP contribution in [0.15, 0.2) is 53.6 Å². The molecule has 2 N–H and O–H groups in total. The number of aromatic amines is 1. The highest BCUT2D eigenvalue weighted by molar-refractivity contribution is 6.04. The maximum Gasteiger partial charge on any atom is 0.264 e. The first-order valence-electron chi connectivity index (χ1n) is 6.58. The SMILES string of the molecule is Cn1cc(C(=O)Nc2cccc(-c3ccc(=O)[nH]n3)c2)cn1. The molecule has 2 heterocycles. The van der Waals surface area contributed by atoms with Crippen molar-refractivity contribution in [1.29, 1.82) is 0 Å². The highest BCUT2D eigenvalue weighted by atomic mass is 16.1. The summed E-state index contributed by atoms with van der Waals surface area (Å²) in [4.78, 5) is 23.1. The summed E-state index contributed by atoms with van der Waals surface area (Å²) >= 11 is 0. The first kappa shape index (κ1) is 13.7. The molecule has 1 aromatic carbocycles. The van der Waals surface area contributed by atoms with Crippen LogP contribution in [0.25, 0.3) is 11.3 Å². The van der Waals surface area contributed by atoms with Crippen LogP contribution >= 0.6 is 0 Å². The zero-order valence-corrected chi connectivity index (χ0v) is 11.8. The van der Waals surface area contributed by atoms with E-state index in [-0.39, 0.29) is 11.5 Å². The van der Waals surface area contributed by atoms with Crippen molar-refractivity contribution >= 4 is 11.6 Å². The second kappa shape index (κ2) is 5.65. The third kappa shape index (κ3) is 2.93. The van der Waals surface area contributed by atoms with Gasteiger partial charge in [-0.1, -0.05) is 12.1 Å². The first-order valence-corrected chi connectivity index (χ1v) is 6.58. The average Bonchev–Trinajstić information content (AvgIpc) is 2.95. The average molecular weight is 295 g/mol. The standard InChI is InChI=1S/C15H13N5O2/c1-20-9-11(8-16-20)15(22)17-12-4-2-3-10(7-12)13-5-6-14(21)19-18-13/h2-9H,1H3,(H,17,22)(H,19,21). The Morgan fingerprint density at radius 1 is 1.27 bits per heavy atom. The second-order valence-corrected chi connectivity index (χ2v) is 4.74. The molecule has 0 atom stereocenters. The predicted octanol–water partition coefficient (Wildman–Crippen LogP) is 1.42. The van der Waals surface area contributed by atoms with Crippen molar-refractivity contribution in [2.45, 2.75) is 0 Å². The summed E-state index contributed by atoms with van der Waals surface area (Å²) in [6.07, 6.45) is 3.14. The molecule has 0 aliphatic rings. The lowest BCUT2D eigenvalue weighted by atomic mass is 10.1. The minimum Gasteiger partial charge on any atom is -0.322 e. The number of aromatic nitrogens is 4. The van der Waals surface area contributed by atoms with E-state index in [0.717, 1.165) is 5.56 Å². The normalized spacial score (nSPS) is 10.4. The molecule has 3 rings (SSSR count). The molecule has 22 heavy (non-hydrogen) atoms. The molecule has 0 unspecified atom stereocenters. The van der Waals surface area contributed by atoms with Gasteiger partial charge in [0, 0.05) is 30.6 Å². The van der Waals surface area contributed by atoms with Crippen LogP contribution in [0.1, 0.15) is 10.4 Å². The van der Waals surface area contributed by atoms with Gasteiger partial charge in [-0.05, 0) is 18.2 Å². The smallest absolute Gasteiger partial charge is 0.264 e. The lowest BCUT2D eigenvalue weighted by molar-refractivity contribution is 0.102. The molecular weight excluding hydrogens is 282 g/mol. The number of carbonyl (C=O) groups is 1. The van der Waals surface area contributed by atoms with E-state index in [1.807, 2.05) is 6.07 Å². The van der Waals surface area contributed by atoms with E-state index in [9.17, 15) is 9.59 Å². The van der Waals surface area contributed by atoms with E-state index in [4.69, 9.17) is 0 Å². The van der Waals surface area contributed by atoms with Crippen LogP contribution in [-0.4, -0.2) is 25.9 Å². The van der Waals surface area contributed by atoms with E-state index in [1.165, 1.54) is 12.3 Å². The van der Waals surface area contributed by atoms with Crippen LogP contribution < -0.4 is 10.9 Å².